The molecule has 2 rings (SSSR count). The molecule has 3 heteroatoms. The molecular weight excluding hydrogens is 240 g/mol. The van der Waals surface area contributed by atoms with Gasteiger partial charge in [-0.05, 0) is 68.2 Å². The maximum absolute atomic E-state index is 11.1. The average Bonchev–Trinajstić information content (AvgIpc) is 3.15. The second-order valence-corrected chi connectivity index (χ2v) is 5.45. The van der Waals surface area contributed by atoms with Crippen molar-refractivity contribution in [3.63, 3.8) is 0 Å². The smallest absolute Gasteiger partial charge is 0.303 e. The van der Waals surface area contributed by atoms with Crippen LogP contribution in [0, 0.1) is 19.8 Å². The molecule has 0 heterocycles. The van der Waals surface area contributed by atoms with Gasteiger partial charge in [0.1, 0.15) is 5.75 Å². The highest BCUT2D eigenvalue weighted by atomic mass is 16.5. The number of carboxylic acid groups (broad SMARTS) is 1. The van der Waals surface area contributed by atoms with E-state index in [1.165, 1.54) is 5.56 Å². The molecule has 0 spiro atoms. The largest absolute Gasteiger partial charge is 0.494 e. The van der Waals surface area contributed by atoms with E-state index < -0.39 is 5.97 Å². The van der Waals surface area contributed by atoms with Crippen molar-refractivity contribution in [1.29, 1.82) is 0 Å². The Morgan fingerprint density at radius 1 is 1.37 bits per heavy atom. The van der Waals surface area contributed by atoms with Crippen LogP contribution in [0.1, 0.15) is 48.8 Å². The van der Waals surface area contributed by atoms with Gasteiger partial charge in [0.15, 0.2) is 0 Å². The molecule has 1 N–H and O–H groups in total. The lowest BCUT2D eigenvalue weighted by atomic mass is 9.87. The first-order chi connectivity index (χ1) is 9.02. The Labute approximate surface area is 114 Å². The Balaban J connectivity index is 2.31. The van der Waals surface area contributed by atoms with Gasteiger partial charge in [0.05, 0.1) is 13.0 Å². The van der Waals surface area contributed by atoms with E-state index in [2.05, 4.69) is 13.0 Å². The molecule has 1 fully saturated rings. The molecule has 1 aromatic rings. The first kappa shape index (κ1) is 13.9. The number of aryl methyl sites for hydroxylation is 2. The molecule has 3 nitrogen and oxygen atoms in total. The van der Waals surface area contributed by atoms with E-state index in [4.69, 9.17) is 9.84 Å². The SMILES string of the molecule is CCOc1cc(C)c(C(CC(=O)O)C2CC2)cc1C. The summed E-state index contributed by atoms with van der Waals surface area (Å²) in [6.07, 6.45) is 2.55. The Hall–Kier alpha value is -1.51. The number of hydrogen-bond donors (Lipinski definition) is 1. The summed E-state index contributed by atoms with van der Waals surface area (Å²) in [4.78, 5) is 11.1. The molecule has 1 aromatic carbocycles. The highest BCUT2D eigenvalue weighted by molar-refractivity contribution is 5.68. The summed E-state index contributed by atoms with van der Waals surface area (Å²) in [6.45, 7) is 6.70. The van der Waals surface area contributed by atoms with Gasteiger partial charge in [-0.3, -0.25) is 4.79 Å². The van der Waals surface area contributed by atoms with E-state index in [-0.39, 0.29) is 12.3 Å². The molecule has 0 bridgehead atoms. The molecule has 1 aliphatic rings. The van der Waals surface area contributed by atoms with Crippen molar-refractivity contribution in [1.82, 2.24) is 0 Å². The highest BCUT2D eigenvalue weighted by Crippen LogP contribution is 2.46. The van der Waals surface area contributed by atoms with E-state index in [1.807, 2.05) is 19.9 Å². The monoisotopic (exact) mass is 262 g/mol. The van der Waals surface area contributed by atoms with Gasteiger partial charge in [-0.15, -0.1) is 0 Å². The third-order valence-corrected chi connectivity index (χ3v) is 3.85. The summed E-state index contributed by atoms with van der Waals surface area (Å²) in [5, 5.41) is 9.10. The van der Waals surface area contributed by atoms with Crippen molar-refractivity contribution < 1.29 is 14.6 Å². The maximum atomic E-state index is 11.1. The van der Waals surface area contributed by atoms with E-state index in [0.29, 0.717) is 12.5 Å². The Kier molecular flexibility index (Phi) is 4.13. The van der Waals surface area contributed by atoms with Gasteiger partial charge in [-0.1, -0.05) is 6.07 Å². The zero-order valence-corrected chi connectivity index (χ0v) is 11.9. The maximum Gasteiger partial charge on any atom is 0.303 e. The number of carboxylic acids is 1. The summed E-state index contributed by atoms with van der Waals surface area (Å²) in [5.41, 5.74) is 3.43. The van der Waals surface area contributed by atoms with Gasteiger partial charge < -0.3 is 9.84 Å². The lowest BCUT2D eigenvalue weighted by Gasteiger charge is -2.19. The molecule has 1 saturated carbocycles. The fraction of sp³-hybridized carbons (Fsp3) is 0.562. The fourth-order valence-electron chi connectivity index (χ4n) is 2.74. The molecule has 0 radical (unpaired) electrons. The second kappa shape index (κ2) is 5.64. The highest BCUT2D eigenvalue weighted by Gasteiger charge is 2.34. The number of carbonyl (C=O) groups is 1. The van der Waals surface area contributed by atoms with Crippen LogP contribution in [0.5, 0.6) is 5.75 Å². The lowest BCUT2D eigenvalue weighted by Crippen LogP contribution is -2.10. The van der Waals surface area contributed by atoms with E-state index in [9.17, 15) is 4.79 Å². The second-order valence-electron chi connectivity index (χ2n) is 5.45. The summed E-state index contributed by atoms with van der Waals surface area (Å²) in [6, 6.07) is 4.16. The lowest BCUT2D eigenvalue weighted by molar-refractivity contribution is -0.137. The summed E-state index contributed by atoms with van der Waals surface area (Å²) < 4.78 is 5.59. The van der Waals surface area contributed by atoms with Gasteiger partial charge >= 0.3 is 5.97 Å². The molecule has 0 aliphatic heterocycles. The summed E-state index contributed by atoms with van der Waals surface area (Å²) in [7, 11) is 0. The van der Waals surface area contributed by atoms with Gasteiger partial charge in [-0.25, -0.2) is 0 Å². The Morgan fingerprint density at radius 2 is 2.05 bits per heavy atom. The van der Waals surface area contributed by atoms with Crippen molar-refractivity contribution in [2.45, 2.75) is 46.0 Å². The first-order valence-corrected chi connectivity index (χ1v) is 6.98. The van der Waals surface area contributed by atoms with Gasteiger partial charge in [0.25, 0.3) is 0 Å². The predicted octanol–water partition coefficient (Wildman–Crippen LogP) is 3.67. The molecule has 1 atom stereocenters. The van der Waals surface area contributed by atoms with Gasteiger partial charge in [-0.2, -0.15) is 0 Å². The normalized spacial score (nSPS) is 16.2. The molecule has 104 valence electrons. The molecular formula is C16H22O3. The van der Waals surface area contributed by atoms with Crippen LogP contribution in [0.25, 0.3) is 0 Å². The Morgan fingerprint density at radius 3 is 2.58 bits per heavy atom. The van der Waals surface area contributed by atoms with Crippen LogP contribution in [-0.2, 0) is 4.79 Å². The van der Waals surface area contributed by atoms with Crippen molar-refractivity contribution >= 4 is 5.97 Å². The van der Waals surface area contributed by atoms with Crippen LogP contribution >= 0.6 is 0 Å². The molecule has 0 aromatic heterocycles. The first-order valence-electron chi connectivity index (χ1n) is 6.98. The molecule has 0 amide bonds. The summed E-state index contributed by atoms with van der Waals surface area (Å²) >= 11 is 0. The fourth-order valence-corrected chi connectivity index (χ4v) is 2.74. The molecule has 0 saturated heterocycles. The quantitative estimate of drug-likeness (QED) is 0.850. The number of rotatable bonds is 6. The summed E-state index contributed by atoms with van der Waals surface area (Å²) in [5.74, 6) is 0.912. The van der Waals surface area contributed by atoms with Crippen LogP contribution in [0.4, 0.5) is 0 Å². The van der Waals surface area contributed by atoms with E-state index >= 15 is 0 Å². The van der Waals surface area contributed by atoms with Crippen LogP contribution in [0.3, 0.4) is 0 Å². The molecule has 1 aliphatic carbocycles. The van der Waals surface area contributed by atoms with Gasteiger partial charge in [0.2, 0.25) is 0 Å². The van der Waals surface area contributed by atoms with Crippen molar-refractivity contribution in [2.75, 3.05) is 6.61 Å². The number of aliphatic carboxylic acids is 1. The van der Waals surface area contributed by atoms with E-state index in [1.54, 1.807) is 0 Å². The molecule has 1 unspecified atom stereocenters. The Bertz CT molecular complexity index is 475. The number of ether oxygens (including phenoxy) is 1. The zero-order chi connectivity index (χ0) is 14.0. The topological polar surface area (TPSA) is 46.5 Å². The van der Waals surface area contributed by atoms with Crippen LogP contribution in [-0.4, -0.2) is 17.7 Å². The standard InChI is InChI=1S/C16H22O3/c1-4-19-15-8-10(2)13(7-11(15)3)14(9-16(17)18)12-5-6-12/h7-8,12,14H,4-6,9H2,1-3H3,(H,17,18). The third-order valence-electron chi connectivity index (χ3n) is 3.85. The van der Waals surface area contributed by atoms with Crippen molar-refractivity contribution in [3.05, 3.63) is 28.8 Å². The average molecular weight is 262 g/mol. The minimum absolute atomic E-state index is 0.159. The molecule has 19 heavy (non-hydrogen) atoms. The van der Waals surface area contributed by atoms with Crippen molar-refractivity contribution in [2.24, 2.45) is 5.92 Å². The predicted molar refractivity (Wildman–Crippen MR) is 74.8 cm³/mol. The van der Waals surface area contributed by atoms with E-state index in [0.717, 1.165) is 29.7 Å². The van der Waals surface area contributed by atoms with Crippen LogP contribution < -0.4 is 4.74 Å². The minimum Gasteiger partial charge on any atom is -0.494 e. The van der Waals surface area contributed by atoms with Gasteiger partial charge in [0, 0.05) is 0 Å². The van der Waals surface area contributed by atoms with Crippen molar-refractivity contribution in [3.8, 4) is 5.75 Å². The zero-order valence-electron chi connectivity index (χ0n) is 11.9. The van der Waals surface area contributed by atoms with Crippen LogP contribution in [0.15, 0.2) is 12.1 Å². The minimum atomic E-state index is -0.706. The third kappa shape index (κ3) is 3.28. The van der Waals surface area contributed by atoms with Crippen LogP contribution in [0.2, 0.25) is 0 Å². The number of benzene rings is 1. The number of hydrogen-bond acceptors (Lipinski definition) is 2.